The summed E-state index contributed by atoms with van der Waals surface area (Å²) in [6.07, 6.45) is 1.58. The molecule has 3 aromatic carbocycles. The molecule has 1 N–H and O–H groups in total. The van der Waals surface area contributed by atoms with Crippen molar-refractivity contribution < 1.29 is 19.1 Å². The Balaban J connectivity index is 1.38. The van der Waals surface area contributed by atoms with Gasteiger partial charge in [-0.05, 0) is 67.8 Å². The number of rotatable bonds is 8. The largest absolute Gasteiger partial charge is 0.493 e. The number of hydrogen-bond acceptors (Lipinski definition) is 4. The average molecular weight is 465 g/mol. The summed E-state index contributed by atoms with van der Waals surface area (Å²) in [7, 11) is 0. The van der Waals surface area contributed by atoms with Crippen molar-refractivity contribution in [3.8, 4) is 11.5 Å². The van der Waals surface area contributed by atoms with Crippen molar-refractivity contribution in [3.05, 3.63) is 82.9 Å². The first-order valence-electron chi connectivity index (χ1n) is 10.8. The van der Waals surface area contributed by atoms with Crippen LogP contribution in [-0.2, 0) is 4.79 Å². The molecule has 1 aliphatic heterocycles. The van der Waals surface area contributed by atoms with Crippen LogP contribution < -0.4 is 19.7 Å². The van der Waals surface area contributed by atoms with Gasteiger partial charge in [0.05, 0.1) is 12.3 Å². The SMILES string of the molecule is Cc1ccccc1OCCCCN1C(=O)COc2ccc(NC(=O)c3cccc(Cl)c3)cc21. The number of ether oxygens (including phenoxy) is 2. The molecule has 170 valence electrons. The molecule has 0 unspecified atom stereocenters. The molecule has 3 aromatic rings. The highest BCUT2D eigenvalue weighted by Gasteiger charge is 2.25. The minimum Gasteiger partial charge on any atom is -0.493 e. The molecule has 0 spiro atoms. The van der Waals surface area contributed by atoms with Crippen LogP contribution in [0.15, 0.2) is 66.7 Å². The van der Waals surface area contributed by atoms with Gasteiger partial charge in [-0.1, -0.05) is 35.9 Å². The van der Waals surface area contributed by atoms with Crippen LogP contribution in [0.4, 0.5) is 11.4 Å². The summed E-state index contributed by atoms with van der Waals surface area (Å²) in [6, 6.07) is 19.9. The van der Waals surface area contributed by atoms with Gasteiger partial charge in [0, 0.05) is 22.8 Å². The Kier molecular flexibility index (Phi) is 7.15. The van der Waals surface area contributed by atoms with Crippen LogP contribution in [-0.4, -0.2) is 31.6 Å². The molecule has 4 rings (SSSR count). The van der Waals surface area contributed by atoms with E-state index in [1.165, 1.54) is 0 Å². The molecule has 0 saturated carbocycles. The standard InChI is InChI=1S/C26H25ClN2O4/c1-18-7-2-3-10-23(18)32-14-5-4-13-29-22-16-21(11-12-24(22)33-17-25(29)30)28-26(31)19-8-6-9-20(27)15-19/h2-3,6-12,15-16H,4-5,13-14,17H2,1H3,(H,28,31). The fourth-order valence-electron chi connectivity index (χ4n) is 3.63. The lowest BCUT2D eigenvalue weighted by atomic mass is 10.1. The molecule has 7 heteroatoms. The molecule has 2 amide bonds. The van der Waals surface area contributed by atoms with E-state index < -0.39 is 0 Å². The van der Waals surface area contributed by atoms with Gasteiger partial charge in [-0.25, -0.2) is 0 Å². The zero-order valence-corrected chi connectivity index (χ0v) is 19.1. The lowest BCUT2D eigenvalue weighted by Gasteiger charge is -2.30. The number of fused-ring (bicyclic) bond motifs is 1. The Labute approximate surface area is 198 Å². The average Bonchev–Trinajstić information content (AvgIpc) is 2.81. The summed E-state index contributed by atoms with van der Waals surface area (Å²) in [5.41, 5.74) is 2.78. The van der Waals surface area contributed by atoms with Gasteiger partial charge in [0.2, 0.25) is 0 Å². The molecule has 0 bridgehead atoms. The lowest BCUT2D eigenvalue weighted by molar-refractivity contribution is -0.121. The third-order valence-electron chi connectivity index (χ3n) is 5.37. The van der Waals surface area contributed by atoms with Crippen molar-refractivity contribution in [1.82, 2.24) is 0 Å². The monoisotopic (exact) mass is 464 g/mol. The maximum absolute atomic E-state index is 12.6. The van der Waals surface area contributed by atoms with Gasteiger partial charge >= 0.3 is 0 Å². The van der Waals surface area contributed by atoms with E-state index in [0.717, 1.165) is 24.2 Å². The predicted octanol–water partition coefficient (Wildman–Crippen LogP) is 5.49. The van der Waals surface area contributed by atoms with E-state index >= 15 is 0 Å². The molecule has 33 heavy (non-hydrogen) atoms. The van der Waals surface area contributed by atoms with Crippen molar-refractivity contribution >= 4 is 34.8 Å². The highest BCUT2D eigenvalue weighted by molar-refractivity contribution is 6.31. The minimum absolute atomic E-state index is 0.000923. The van der Waals surface area contributed by atoms with Gasteiger partial charge in [-0.15, -0.1) is 0 Å². The van der Waals surface area contributed by atoms with Crippen LogP contribution in [0.1, 0.15) is 28.8 Å². The van der Waals surface area contributed by atoms with Crippen molar-refractivity contribution in [3.63, 3.8) is 0 Å². The number of aryl methyl sites for hydroxylation is 1. The number of nitrogens with one attached hydrogen (secondary N) is 1. The molecular weight excluding hydrogens is 440 g/mol. The number of benzene rings is 3. The van der Waals surface area contributed by atoms with Crippen molar-refractivity contribution in [1.29, 1.82) is 0 Å². The third-order valence-corrected chi connectivity index (χ3v) is 5.61. The maximum atomic E-state index is 12.6. The number of anilines is 2. The van der Waals surface area contributed by atoms with E-state index in [4.69, 9.17) is 21.1 Å². The molecule has 1 heterocycles. The second kappa shape index (κ2) is 10.4. The van der Waals surface area contributed by atoms with Crippen molar-refractivity contribution in [2.75, 3.05) is 30.0 Å². The Bertz CT molecular complexity index is 1160. The molecule has 0 radical (unpaired) electrons. The Hall–Kier alpha value is -3.51. The van der Waals surface area contributed by atoms with Crippen LogP contribution in [0, 0.1) is 6.92 Å². The number of hydrogen-bond donors (Lipinski definition) is 1. The molecule has 6 nitrogen and oxygen atoms in total. The van der Waals surface area contributed by atoms with Gasteiger partial charge in [-0.2, -0.15) is 0 Å². The Morgan fingerprint density at radius 3 is 2.76 bits per heavy atom. The van der Waals surface area contributed by atoms with E-state index in [0.29, 0.717) is 40.9 Å². The van der Waals surface area contributed by atoms with E-state index in [1.807, 2.05) is 31.2 Å². The summed E-state index contributed by atoms with van der Waals surface area (Å²) < 4.78 is 11.4. The van der Waals surface area contributed by atoms with E-state index in [2.05, 4.69) is 5.32 Å². The van der Waals surface area contributed by atoms with Crippen molar-refractivity contribution in [2.24, 2.45) is 0 Å². The number of halogens is 1. The number of unbranched alkanes of at least 4 members (excludes halogenated alkanes) is 1. The van der Waals surface area contributed by atoms with Crippen LogP contribution in [0.3, 0.4) is 0 Å². The second-order valence-electron chi connectivity index (χ2n) is 7.80. The normalized spacial score (nSPS) is 12.7. The highest BCUT2D eigenvalue weighted by Crippen LogP contribution is 2.35. The Morgan fingerprint density at radius 1 is 1.09 bits per heavy atom. The van der Waals surface area contributed by atoms with Crippen LogP contribution in [0.2, 0.25) is 5.02 Å². The number of amides is 2. The molecule has 1 aliphatic rings. The van der Waals surface area contributed by atoms with Crippen LogP contribution >= 0.6 is 11.6 Å². The highest BCUT2D eigenvalue weighted by atomic mass is 35.5. The summed E-state index contributed by atoms with van der Waals surface area (Å²) >= 11 is 5.99. The molecule has 0 fully saturated rings. The molecule has 0 saturated heterocycles. The zero-order chi connectivity index (χ0) is 23.2. The van der Waals surface area contributed by atoms with Crippen LogP contribution in [0.25, 0.3) is 0 Å². The molecule has 0 aliphatic carbocycles. The number of nitrogens with zero attached hydrogens (tertiary/aromatic N) is 1. The lowest BCUT2D eigenvalue weighted by Crippen LogP contribution is -2.39. The van der Waals surface area contributed by atoms with Gasteiger partial charge in [-0.3, -0.25) is 9.59 Å². The van der Waals surface area contributed by atoms with E-state index in [1.54, 1.807) is 47.4 Å². The van der Waals surface area contributed by atoms with E-state index in [9.17, 15) is 9.59 Å². The fraction of sp³-hybridized carbons (Fsp3) is 0.231. The van der Waals surface area contributed by atoms with Crippen molar-refractivity contribution in [2.45, 2.75) is 19.8 Å². The summed E-state index contributed by atoms with van der Waals surface area (Å²) in [4.78, 5) is 26.8. The first-order valence-corrected chi connectivity index (χ1v) is 11.2. The first kappa shape index (κ1) is 22.7. The molecular formula is C26H25ClN2O4. The Morgan fingerprint density at radius 2 is 1.94 bits per heavy atom. The summed E-state index contributed by atoms with van der Waals surface area (Å²) in [5.74, 6) is 1.11. The molecule has 0 aromatic heterocycles. The quantitative estimate of drug-likeness (QED) is 0.448. The topological polar surface area (TPSA) is 67.9 Å². The van der Waals surface area contributed by atoms with Gasteiger partial charge < -0.3 is 19.7 Å². The summed E-state index contributed by atoms with van der Waals surface area (Å²) in [6.45, 7) is 3.13. The van der Waals surface area contributed by atoms with Gasteiger partial charge in [0.25, 0.3) is 11.8 Å². The molecule has 0 atom stereocenters. The number of para-hydroxylation sites is 1. The first-order chi connectivity index (χ1) is 16.0. The van der Waals surface area contributed by atoms with Gasteiger partial charge in [0.1, 0.15) is 11.5 Å². The smallest absolute Gasteiger partial charge is 0.265 e. The fourth-order valence-corrected chi connectivity index (χ4v) is 3.82. The predicted molar refractivity (Wildman–Crippen MR) is 130 cm³/mol. The second-order valence-corrected chi connectivity index (χ2v) is 8.24. The zero-order valence-electron chi connectivity index (χ0n) is 18.3. The third kappa shape index (κ3) is 5.65. The van der Waals surface area contributed by atoms with E-state index in [-0.39, 0.29) is 18.4 Å². The van der Waals surface area contributed by atoms with Gasteiger partial charge in [0.15, 0.2) is 6.61 Å². The van der Waals surface area contributed by atoms with Crippen LogP contribution in [0.5, 0.6) is 11.5 Å². The number of carbonyl (C=O) groups is 2. The number of carbonyl (C=O) groups excluding carboxylic acids is 2. The summed E-state index contributed by atoms with van der Waals surface area (Å²) in [5, 5.41) is 3.35. The maximum Gasteiger partial charge on any atom is 0.265 e. The minimum atomic E-state index is -0.277.